The summed E-state index contributed by atoms with van der Waals surface area (Å²) in [4.78, 5) is 3.72. The van der Waals surface area contributed by atoms with Gasteiger partial charge in [0.15, 0.2) is 0 Å². The van der Waals surface area contributed by atoms with Gasteiger partial charge in [-0.15, -0.1) is 0 Å². The molecular formula is C7H7N4O2+. The van der Waals surface area contributed by atoms with Gasteiger partial charge in [-0.1, -0.05) is 0 Å². The molecule has 1 heterocycles. The second kappa shape index (κ2) is 4.28. The van der Waals surface area contributed by atoms with Gasteiger partial charge < -0.3 is 0 Å². The first-order valence-corrected chi connectivity index (χ1v) is 3.40. The van der Waals surface area contributed by atoms with Crippen LogP contribution in [0, 0.1) is 17.6 Å². The molecule has 0 fully saturated rings. The van der Waals surface area contributed by atoms with Crippen molar-refractivity contribution in [1.29, 1.82) is 5.26 Å². The maximum absolute atomic E-state index is 10.3. The molecule has 0 saturated heterocycles. The number of ether oxygens (including phenoxy) is 1. The summed E-state index contributed by atoms with van der Waals surface area (Å²) in [5.74, 6) is 0.291. The van der Waals surface area contributed by atoms with E-state index in [1.807, 2.05) is 0 Å². The van der Waals surface area contributed by atoms with Crippen LogP contribution in [-0.2, 0) is 16.1 Å². The third-order valence-electron chi connectivity index (χ3n) is 1.38. The summed E-state index contributed by atoms with van der Waals surface area (Å²) in [5.41, 5.74) is 0.0681. The Kier molecular flexibility index (Phi) is 3.06. The normalized spacial score (nSPS) is 8.85. The number of nitrogens with zero attached hydrogens (tertiary/aromatic N) is 3. The molecule has 0 aliphatic rings. The minimum absolute atomic E-state index is 0.0681. The van der Waals surface area contributed by atoms with Crippen LogP contribution in [-0.4, -0.2) is 16.7 Å². The zero-order chi connectivity index (χ0) is 9.68. The zero-order valence-electron chi connectivity index (χ0n) is 6.94. The number of hydrogen-bond donors (Lipinski definition) is 1. The Morgan fingerprint density at radius 1 is 1.85 bits per heavy atom. The molecule has 0 spiro atoms. The Morgan fingerprint density at radius 2 is 2.62 bits per heavy atom. The molecule has 0 aromatic carbocycles. The van der Waals surface area contributed by atoms with E-state index in [0.29, 0.717) is 5.82 Å². The Bertz CT molecular complexity index is 371. The topological polar surface area (TPSA) is 82.8 Å². The van der Waals surface area contributed by atoms with Crippen molar-refractivity contribution in [2.45, 2.75) is 6.73 Å². The molecule has 1 aromatic heterocycles. The number of imidazole rings is 1. The first kappa shape index (κ1) is 9.29. The van der Waals surface area contributed by atoms with Gasteiger partial charge in [0.05, 0.1) is 0 Å². The number of methoxy groups -OCH3 is 1. The van der Waals surface area contributed by atoms with Crippen molar-refractivity contribution < 1.29 is 9.39 Å². The molecule has 66 valence electrons. The fraction of sp³-hybridized carbons (Fsp3) is 0.286. The molecule has 0 aliphatic heterocycles. The Hall–Kier alpha value is -1.80. The number of nitriles is 1. The van der Waals surface area contributed by atoms with Crippen molar-refractivity contribution in [1.82, 2.24) is 9.55 Å². The average Bonchev–Trinajstić information content (AvgIpc) is 2.50. The van der Waals surface area contributed by atoms with Crippen molar-refractivity contribution in [3.8, 4) is 12.3 Å². The van der Waals surface area contributed by atoms with Crippen LogP contribution in [0.15, 0.2) is 6.33 Å². The van der Waals surface area contributed by atoms with E-state index in [4.69, 9.17) is 10.00 Å². The van der Waals surface area contributed by atoms with Crippen molar-refractivity contribution in [2.75, 3.05) is 12.4 Å². The monoisotopic (exact) mass is 179 g/mol. The van der Waals surface area contributed by atoms with Crippen molar-refractivity contribution in [3.63, 3.8) is 0 Å². The van der Waals surface area contributed by atoms with Crippen LogP contribution in [0.3, 0.4) is 0 Å². The van der Waals surface area contributed by atoms with Crippen LogP contribution >= 0.6 is 0 Å². The van der Waals surface area contributed by atoms with Gasteiger partial charge in [0, 0.05) is 0 Å². The van der Waals surface area contributed by atoms with Gasteiger partial charge in [-0.25, -0.2) is 0 Å². The van der Waals surface area contributed by atoms with Gasteiger partial charge in [0.25, 0.3) is 0 Å². The van der Waals surface area contributed by atoms with E-state index in [-0.39, 0.29) is 12.4 Å². The number of rotatable bonds is 3. The summed E-state index contributed by atoms with van der Waals surface area (Å²) in [6.45, 7) is 0.221. The van der Waals surface area contributed by atoms with Crippen LogP contribution in [0.4, 0.5) is 5.82 Å². The molecule has 1 rings (SSSR count). The fourth-order valence-corrected chi connectivity index (χ4v) is 0.878. The van der Waals surface area contributed by atoms with Gasteiger partial charge in [-0.3, -0.25) is 0 Å². The van der Waals surface area contributed by atoms with E-state index < -0.39 is 0 Å². The molecule has 0 unspecified atom stereocenters. The van der Waals surface area contributed by atoms with Gasteiger partial charge in [0.2, 0.25) is 0 Å². The molecule has 0 saturated carbocycles. The second-order valence-electron chi connectivity index (χ2n) is 2.17. The molecule has 0 amide bonds. The van der Waals surface area contributed by atoms with Gasteiger partial charge in [0.1, 0.15) is 0 Å². The maximum atomic E-state index is 10.3. The van der Waals surface area contributed by atoms with Gasteiger partial charge in [-0.05, 0) is 0 Å². The molecule has 13 heavy (non-hydrogen) atoms. The van der Waals surface area contributed by atoms with E-state index in [1.54, 1.807) is 12.3 Å². The number of aromatic nitrogens is 2. The van der Waals surface area contributed by atoms with E-state index >= 15 is 0 Å². The van der Waals surface area contributed by atoms with Crippen molar-refractivity contribution >= 4 is 5.82 Å². The molecule has 0 aliphatic carbocycles. The fourth-order valence-electron chi connectivity index (χ4n) is 0.878. The zero-order valence-corrected chi connectivity index (χ0v) is 6.94. The number of hydrogen-bond acceptors (Lipinski definition) is 4. The Balaban J connectivity index is 3.02. The summed E-state index contributed by atoms with van der Waals surface area (Å²) >= 11 is 0. The third-order valence-corrected chi connectivity index (χ3v) is 1.38. The van der Waals surface area contributed by atoms with Crippen molar-refractivity contribution in [3.05, 3.63) is 12.0 Å². The summed E-state index contributed by atoms with van der Waals surface area (Å²) in [7, 11) is 1.50. The van der Waals surface area contributed by atoms with Crippen LogP contribution < -0.4 is 5.32 Å². The summed E-state index contributed by atoms with van der Waals surface area (Å²) in [6, 6.07) is 0. The SMILES string of the molecule is COCn1cnc(C#[O+])c1NC#N. The van der Waals surface area contributed by atoms with Gasteiger partial charge >= 0.3 is 73.5 Å². The van der Waals surface area contributed by atoms with E-state index in [2.05, 4.69) is 10.3 Å². The molecular weight excluding hydrogens is 172 g/mol. The molecule has 1 N–H and O–H groups in total. The molecule has 6 heteroatoms. The van der Waals surface area contributed by atoms with E-state index in [9.17, 15) is 4.65 Å². The van der Waals surface area contributed by atoms with Crippen molar-refractivity contribution in [2.24, 2.45) is 0 Å². The summed E-state index contributed by atoms with van der Waals surface area (Å²) < 4.78 is 16.6. The average molecular weight is 179 g/mol. The second-order valence-corrected chi connectivity index (χ2v) is 2.17. The molecule has 0 atom stereocenters. The number of nitrogens with one attached hydrogen (secondary N) is 1. The Morgan fingerprint density at radius 3 is 3.15 bits per heavy atom. The summed E-state index contributed by atoms with van der Waals surface area (Å²) in [6.07, 6.45) is 4.70. The van der Waals surface area contributed by atoms with E-state index in [0.717, 1.165) is 0 Å². The predicted molar refractivity (Wildman–Crippen MR) is 42.1 cm³/mol. The van der Waals surface area contributed by atoms with Crippen LogP contribution in [0.2, 0.25) is 0 Å². The molecule has 0 radical (unpaired) electrons. The van der Waals surface area contributed by atoms with E-state index in [1.165, 1.54) is 18.0 Å². The third kappa shape index (κ3) is 1.86. The Labute approximate surface area is 74.5 Å². The molecule has 1 aromatic rings. The first-order valence-electron chi connectivity index (χ1n) is 3.40. The van der Waals surface area contributed by atoms with Gasteiger partial charge in [-0.2, -0.15) is 0 Å². The predicted octanol–water partition coefficient (Wildman–Crippen LogP) is 0.118. The quantitative estimate of drug-likeness (QED) is 0.405. The van der Waals surface area contributed by atoms with Crippen LogP contribution in [0.25, 0.3) is 0 Å². The first-order chi connectivity index (χ1) is 6.33. The molecule has 6 nitrogen and oxygen atoms in total. The standard InChI is InChI=1S/C7H7N4O2/c1-13-5-11-4-10-6(2-12)7(11)9-3-8/h4,9H,5H2,1H3/q+1. The van der Waals surface area contributed by atoms with Crippen LogP contribution in [0.5, 0.6) is 0 Å². The molecule has 0 bridgehead atoms. The minimum atomic E-state index is 0.0681. The number of anilines is 1. The van der Waals surface area contributed by atoms with Crippen LogP contribution in [0.1, 0.15) is 5.69 Å². The summed E-state index contributed by atoms with van der Waals surface area (Å²) in [5, 5.41) is 10.7.